The topological polar surface area (TPSA) is 29.1 Å². The summed E-state index contributed by atoms with van der Waals surface area (Å²) in [6.07, 6.45) is 0. The zero-order chi connectivity index (χ0) is 14.0. The molecular formula is C13H7BrClF2NO. The molecule has 0 aliphatic rings. The SMILES string of the molecule is O=C(Nc1cccc(F)c1F)c1ccc(Cl)cc1Br. The standard InChI is InChI=1S/C13H7BrClF2NO/c14-9-6-7(15)4-5-8(9)13(19)18-11-3-1-2-10(16)12(11)17/h1-6H,(H,18,19). The summed E-state index contributed by atoms with van der Waals surface area (Å²) in [6, 6.07) is 8.12. The summed E-state index contributed by atoms with van der Waals surface area (Å²) in [5.74, 6) is -2.68. The van der Waals surface area contributed by atoms with Gasteiger partial charge in [-0.3, -0.25) is 4.79 Å². The van der Waals surface area contributed by atoms with Crippen molar-refractivity contribution in [1.29, 1.82) is 0 Å². The number of hydrogen-bond acceptors (Lipinski definition) is 1. The fourth-order valence-electron chi connectivity index (χ4n) is 1.46. The fourth-order valence-corrected chi connectivity index (χ4v) is 2.33. The van der Waals surface area contributed by atoms with Gasteiger partial charge in [0.2, 0.25) is 0 Å². The molecule has 0 aromatic heterocycles. The first-order chi connectivity index (χ1) is 8.99. The van der Waals surface area contributed by atoms with Crippen molar-refractivity contribution < 1.29 is 13.6 Å². The Kier molecular flexibility index (Phi) is 4.17. The van der Waals surface area contributed by atoms with Crippen LogP contribution in [0.1, 0.15) is 10.4 Å². The monoisotopic (exact) mass is 345 g/mol. The average Bonchev–Trinajstić information content (AvgIpc) is 2.34. The predicted molar refractivity (Wildman–Crippen MR) is 73.5 cm³/mol. The van der Waals surface area contributed by atoms with Gasteiger partial charge in [-0.25, -0.2) is 8.78 Å². The molecule has 1 N–H and O–H groups in total. The Labute approximate surface area is 121 Å². The Bertz CT molecular complexity index is 649. The van der Waals surface area contributed by atoms with Gasteiger partial charge >= 0.3 is 0 Å². The minimum absolute atomic E-state index is 0.216. The van der Waals surface area contributed by atoms with Gasteiger partial charge in [-0.2, -0.15) is 0 Å². The highest BCUT2D eigenvalue weighted by molar-refractivity contribution is 9.10. The van der Waals surface area contributed by atoms with Gasteiger partial charge in [-0.15, -0.1) is 0 Å². The van der Waals surface area contributed by atoms with E-state index in [0.29, 0.717) is 9.50 Å². The van der Waals surface area contributed by atoms with E-state index in [1.165, 1.54) is 24.3 Å². The van der Waals surface area contributed by atoms with Crippen molar-refractivity contribution in [2.24, 2.45) is 0 Å². The highest BCUT2D eigenvalue weighted by Gasteiger charge is 2.14. The normalized spacial score (nSPS) is 10.3. The smallest absolute Gasteiger partial charge is 0.256 e. The third-order valence-corrected chi connectivity index (χ3v) is 3.27. The molecule has 0 spiro atoms. The van der Waals surface area contributed by atoms with Crippen LogP contribution in [0.5, 0.6) is 0 Å². The molecule has 19 heavy (non-hydrogen) atoms. The first-order valence-electron chi connectivity index (χ1n) is 5.19. The van der Waals surface area contributed by atoms with E-state index in [2.05, 4.69) is 21.2 Å². The second-order valence-corrected chi connectivity index (χ2v) is 4.97. The van der Waals surface area contributed by atoms with Gasteiger partial charge in [0, 0.05) is 9.50 Å². The lowest BCUT2D eigenvalue weighted by atomic mass is 10.2. The molecule has 1 amide bonds. The Balaban J connectivity index is 2.28. The summed E-state index contributed by atoms with van der Waals surface area (Å²) in [5, 5.41) is 2.76. The lowest BCUT2D eigenvalue weighted by Gasteiger charge is -2.08. The Morgan fingerprint density at radius 1 is 1.21 bits per heavy atom. The van der Waals surface area contributed by atoms with Crippen LogP contribution in [-0.4, -0.2) is 5.91 Å². The van der Waals surface area contributed by atoms with E-state index < -0.39 is 17.5 Å². The molecule has 0 saturated heterocycles. The van der Waals surface area contributed by atoms with Crippen molar-refractivity contribution in [1.82, 2.24) is 0 Å². The molecule has 0 radical (unpaired) electrons. The van der Waals surface area contributed by atoms with Crippen molar-refractivity contribution in [3.8, 4) is 0 Å². The molecule has 98 valence electrons. The second kappa shape index (κ2) is 5.67. The van der Waals surface area contributed by atoms with Gasteiger partial charge in [0.25, 0.3) is 5.91 Å². The molecule has 0 aliphatic carbocycles. The zero-order valence-electron chi connectivity index (χ0n) is 9.38. The highest BCUT2D eigenvalue weighted by Crippen LogP contribution is 2.23. The lowest BCUT2D eigenvalue weighted by Crippen LogP contribution is -2.14. The predicted octanol–water partition coefficient (Wildman–Crippen LogP) is 4.63. The lowest BCUT2D eigenvalue weighted by molar-refractivity contribution is 0.102. The quantitative estimate of drug-likeness (QED) is 0.844. The van der Waals surface area contributed by atoms with Crippen LogP contribution in [0.2, 0.25) is 5.02 Å². The third kappa shape index (κ3) is 3.11. The molecule has 2 aromatic carbocycles. The van der Waals surface area contributed by atoms with Crippen molar-refractivity contribution in [3.63, 3.8) is 0 Å². The van der Waals surface area contributed by atoms with Crippen LogP contribution in [0, 0.1) is 11.6 Å². The Morgan fingerprint density at radius 2 is 1.95 bits per heavy atom. The van der Waals surface area contributed by atoms with E-state index in [1.54, 1.807) is 6.07 Å². The summed E-state index contributed by atoms with van der Waals surface area (Å²) < 4.78 is 26.9. The molecule has 0 atom stereocenters. The number of rotatable bonds is 2. The number of carbonyl (C=O) groups excluding carboxylic acids is 1. The number of halogens is 4. The summed E-state index contributed by atoms with van der Waals surface area (Å²) in [5.41, 5.74) is 0.0555. The van der Waals surface area contributed by atoms with Crippen LogP contribution in [0.25, 0.3) is 0 Å². The van der Waals surface area contributed by atoms with E-state index in [-0.39, 0.29) is 11.3 Å². The van der Waals surface area contributed by atoms with E-state index in [0.717, 1.165) is 6.07 Å². The maximum Gasteiger partial charge on any atom is 0.256 e. The zero-order valence-corrected chi connectivity index (χ0v) is 11.7. The molecule has 6 heteroatoms. The molecule has 0 fully saturated rings. The summed E-state index contributed by atoms with van der Waals surface area (Å²) in [4.78, 5) is 11.9. The van der Waals surface area contributed by atoms with Crippen LogP contribution in [0.15, 0.2) is 40.9 Å². The van der Waals surface area contributed by atoms with E-state index in [9.17, 15) is 13.6 Å². The molecule has 0 saturated carbocycles. The third-order valence-electron chi connectivity index (χ3n) is 2.38. The van der Waals surface area contributed by atoms with E-state index >= 15 is 0 Å². The second-order valence-electron chi connectivity index (χ2n) is 3.68. The van der Waals surface area contributed by atoms with Crippen molar-refractivity contribution in [3.05, 3.63) is 63.1 Å². The maximum atomic E-state index is 13.4. The van der Waals surface area contributed by atoms with Crippen LogP contribution >= 0.6 is 27.5 Å². The van der Waals surface area contributed by atoms with Crippen molar-refractivity contribution in [2.75, 3.05) is 5.32 Å². The van der Waals surface area contributed by atoms with Crippen LogP contribution in [-0.2, 0) is 0 Å². The minimum atomic E-state index is -1.10. The van der Waals surface area contributed by atoms with Gasteiger partial charge in [0.05, 0.1) is 11.3 Å². The fraction of sp³-hybridized carbons (Fsp3) is 0. The average molecular weight is 347 g/mol. The molecule has 0 unspecified atom stereocenters. The molecule has 0 aliphatic heterocycles. The van der Waals surface area contributed by atoms with E-state index in [1.807, 2.05) is 0 Å². The molecule has 2 nitrogen and oxygen atoms in total. The Morgan fingerprint density at radius 3 is 2.63 bits per heavy atom. The molecular weight excluding hydrogens is 340 g/mol. The summed E-state index contributed by atoms with van der Waals surface area (Å²) in [6.45, 7) is 0. The van der Waals surface area contributed by atoms with Crippen molar-refractivity contribution in [2.45, 2.75) is 0 Å². The molecule has 2 aromatic rings. The summed E-state index contributed by atoms with van der Waals surface area (Å²) in [7, 11) is 0. The highest BCUT2D eigenvalue weighted by atomic mass is 79.9. The van der Waals surface area contributed by atoms with Crippen LogP contribution in [0.3, 0.4) is 0 Å². The minimum Gasteiger partial charge on any atom is -0.319 e. The number of nitrogens with one attached hydrogen (secondary N) is 1. The van der Waals surface area contributed by atoms with Gasteiger partial charge < -0.3 is 5.32 Å². The van der Waals surface area contributed by atoms with Gasteiger partial charge in [0.15, 0.2) is 11.6 Å². The molecule has 0 heterocycles. The largest absolute Gasteiger partial charge is 0.319 e. The first-order valence-corrected chi connectivity index (χ1v) is 6.36. The van der Waals surface area contributed by atoms with Crippen LogP contribution in [0.4, 0.5) is 14.5 Å². The maximum absolute atomic E-state index is 13.4. The molecule has 0 bridgehead atoms. The number of benzene rings is 2. The number of carbonyl (C=O) groups is 1. The number of amides is 1. The van der Waals surface area contributed by atoms with Crippen LogP contribution < -0.4 is 5.32 Å². The van der Waals surface area contributed by atoms with Gasteiger partial charge in [0.1, 0.15) is 0 Å². The van der Waals surface area contributed by atoms with Gasteiger partial charge in [-0.05, 0) is 46.3 Å². The number of anilines is 1. The van der Waals surface area contributed by atoms with E-state index in [4.69, 9.17) is 11.6 Å². The first kappa shape index (κ1) is 14.0. The molecule has 2 rings (SSSR count). The van der Waals surface area contributed by atoms with Crippen molar-refractivity contribution >= 4 is 39.1 Å². The Hall–Kier alpha value is -1.46. The summed E-state index contributed by atoms with van der Waals surface area (Å²) >= 11 is 8.94. The number of hydrogen-bond donors (Lipinski definition) is 1. The van der Waals surface area contributed by atoms with Gasteiger partial charge in [-0.1, -0.05) is 17.7 Å².